The van der Waals surface area contributed by atoms with Gasteiger partial charge in [-0.1, -0.05) is 13.8 Å². The van der Waals surface area contributed by atoms with E-state index in [4.69, 9.17) is 14.0 Å². The van der Waals surface area contributed by atoms with Crippen LogP contribution in [0.5, 0.6) is 0 Å². The molecule has 0 aliphatic heterocycles. The summed E-state index contributed by atoms with van der Waals surface area (Å²) in [5, 5.41) is 0. The maximum absolute atomic E-state index is 5.67. The Labute approximate surface area is 120 Å². The first-order valence-corrected chi connectivity index (χ1v) is 8.48. The van der Waals surface area contributed by atoms with Crippen LogP contribution in [0.4, 0.5) is 0 Å². The maximum Gasteiger partial charge on any atom is 0.641 e. The van der Waals surface area contributed by atoms with Crippen molar-refractivity contribution >= 4 is 43.5 Å². The maximum atomic E-state index is 5.67. The molecule has 0 saturated heterocycles. The monoisotopic (exact) mass is 298 g/mol. The van der Waals surface area contributed by atoms with Crippen molar-refractivity contribution in [2.75, 3.05) is 11.5 Å². The number of rotatable bonds is 10. The molecule has 0 spiro atoms. The van der Waals surface area contributed by atoms with E-state index in [1.54, 1.807) is 23.5 Å². The van der Waals surface area contributed by atoms with Crippen LogP contribution in [0.3, 0.4) is 0 Å². The van der Waals surface area contributed by atoms with Crippen molar-refractivity contribution in [3.63, 3.8) is 0 Å². The molecule has 17 heavy (non-hydrogen) atoms. The van der Waals surface area contributed by atoms with Crippen molar-refractivity contribution in [3.8, 4) is 0 Å². The Balaban J connectivity index is 4.12. The van der Waals surface area contributed by atoms with Crippen LogP contribution in [0.15, 0.2) is 0 Å². The third-order valence-corrected chi connectivity index (χ3v) is 3.67. The molecule has 0 radical (unpaired) electrons. The molecule has 3 nitrogen and oxygen atoms in total. The summed E-state index contributed by atoms with van der Waals surface area (Å²) in [5.41, 5.74) is -0.107. The first-order chi connectivity index (χ1) is 7.99. The molecule has 0 aliphatic rings. The first kappa shape index (κ1) is 18.0. The smallest absolute Gasteiger partial charge is 0.374 e. The summed E-state index contributed by atoms with van der Waals surface area (Å²) in [6, 6.07) is 0. The van der Waals surface area contributed by atoms with E-state index in [-0.39, 0.29) is 16.3 Å². The second-order valence-electron chi connectivity index (χ2n) is 3.34. The highest BCUT2D eigenvalue weighted by Crippen LogP contribution is 2.18. The molecule has 3 atom stereocenters. The van der Waals surface area contributed by atoms with Gasteiger partial charge in [0, 0.05) is 0 Å². The van der Waals surface area contributed by atoms with Gasteiger partial charge >= 0.3 is 7.32 Å². The molecule has 0 N–H and O–H groups in total. The zero-order valence-electron chi connectivity index (χ0n) is 11.2. The third kappa shape index (κ3) is 10.6. The largest absolute Gasteiger partial charge is 0.641 e. The molecule has 0 bridgehead atoms. The van der Waals surface area contributed by atoms with Gasteiger partial charge in [-0.2, -0.15) is 0 Å². The van der Waals surface area contributed by atoms with Gasteiger partial charge in [0.05, 0.1) is 16.3 Å². The van der Waals surface area contributed by atoms with Gasteiger partial charge in [-0.15, -0.1) is 36.2 Å². The molecule has 0 fully saturated rings. The molecule has 0 amide bonds. The predicted octanol–water partition coefficient (Wildman–Crippen LogP) is 3.50. The summed E-state index contributed by atoms with van der Waals surface area (Å²) >= 11 is 7.62. The van der Waals surface area contributed by atoms with Gasteiger partial charge in [-0.05, 0) is 32.3 Å². The standard InChI is InChI=1S/C10H23BO3S3/c1-6-16-9(4)13-11(12-8(3)15)14-10(5)17-7-2/h8-10,15H,6-7H2,1-5H3. The van der Waals surface area contributed by atoms with Crippen molar-refractivity contribution in [2.45, 2.75) is 50.9 Å². The molecule has 0 saturated carbocycles. The van der Waals surface area contributed by atoms with Gasteiger partial charge in [0.25, 0.3) is 0 Å². The normalized spacial score (nSPS) is 16.6. The molecule has 3 unspecified atom stereocenters. The van der Waals surface area contributed by atoms with Crippen LogP contribution in [-0.4, -0.2) is 35.1 Å². The van der Waals surface area contributed by atoms with Crippen LogP contribution in [0.25, 0.3) is 0 Å². The van der Waals surface area contributed by atoms with Crippen LogP contribution in [-0.2, 0) is 14.0 Å². The van der Waals surface area contributed by atoms with Gasteiger partial charge in [0.1, 0.15) is 0 Å². The zero-order valence-corrected chi connectivity index (χ0v) is 13.7. The fourth-order valence-electron chi connectivity index (χ4n) is 1.12. The Bertz CT molecular complexity index is 172. The summed E-state index contributed by atoms with van der Waals surface area (Å²) in [4.78, 5) is 0. The topological polar surface area (TPSA) is 27.7 Å². The highest BCUT2D eigenvalue weighted by molar-refractivity contribution is 7.99. The summed E-state index contributed by atoms with van der Waals surface area (Å²) in [6.45, 7) is 10.0. The lowest BCUT2D eigenvalue weighted by Crippen LogP contribution is -2.34. The van der Waals surface area contributed by atoms with Gasteiger partial charge in [-0.3, -0.25) is 0 Å². The van der Waals surface area contributed by atoms with Crippen LogP contribution in [0, 0.1) is 0 Å². The highest BCUT2D eigenvalue weighted by atomic mass is 32.2. The highest BCUT2D eigenvalue weighted by Gasteiger charge is 2.28. The Morgan fingerprint density at radius 1 is 0.941 bits per heavy atom. The Morgan fingerprint density at radius 3 is 1.65 bits per heavy atom. The molecular formula is C10H23BO3S3. The minimum Gasteiger partial charge on any atom is -0.374 e. The van der Waals surface area contributed by atoms with Crippen molar-refractivity contribution in [1.29, 1.82) is 0 Å². The molecule has 0 aromatic carbocycles. The van der Waals surface area contributed by atoms with E-state index in [1.165, 1.54) is 0 Å². The number of thioether (sulfide) groups is 2. The molecular weight excluding hydrogens is 275 g/mol. The Morgan fingerprint density at radius 2 is 1.35 bits per heavy atom. The third-order valence-electron chi connectivity index (χ3n) is 1.72. The first-order valence-electron chi connectivity index (χ1n) is 5.87. The number of hydrogen-bond donors (Lipinski definition) is 1. The van der Waals surface area contributed by atoms with Crippen LogP contribution in [0.1, 0.15) is 34.6 Å². The van der Waals surface area contributed by atoms with Gasteiger partial charge in [0.15, 0.2) is 0 Å². The second kappa shape index (κ2) is 10.9. The summed E-state index contributed by atoms with van der Waals surface area (Å²) < 4.78 is 16.8. The average Bonchev–Trinajstić information content (AvgIpc) is 2.16. The summed E-state index contributed by atoms with van der Waals surface area (Å²) in [7, 11) is -0.648. The summed E-state index contributed by atoms with van der Waals surface area (Å²) in [6.07, 6.45) is 0. The lowest BCUT2D eigenvalue weighted by atomic mass is 10.2. The van der Waals surface area contributed by atoms with Crippen LogP contribution >= 0.6 is 36.2 Å². The van der Waals surface area contributed by atoms with E-state index >= 15 is 0 Å². The fourth-order valence-corrected chi connectivity index (χ4v) is 2.49. The van der Waals surface area contributed by atoms with Gasteiger partial charge < -0.3 is 14.0 Å². The Kier molecular flexibility index (Phi) is 11.5. The lowest BCUT2D eigenvalue weighted by Gasteiger charge is -2.22. The minimum absolute atomic E-state index is 0.0518. The van der Waals surface area contributed by atoms with E-state index in [9.17, 15) is 0 Å². The average molecular weight is 298 g/mol. The van der Waals surface area contributed by atoms with Crippen molar-refractivity contribution in [3.05, 3.63) is 0 Å². The van der Waals surface area contributed by atoms with Gasteiger partial charge in [-0.25, -0.2) is 0 Å². The van der Waals surface area contributed by atoms with Crippen molar-refractivity contribution < 1.29 is 14.0 Å². The van der Waals surface area contributed by atoms with Crippen molar-refractivity contribution in [1.82, 2.24) is 0 Å². The second-order valence-corrected chi connectivity index (χ2v) is 7.22. The van der Waals surface area contributed by atoms with E-state index in [0.717, 1.165) is 11.5 Å². The molecule has 0 rings (SSSR count). The SMILES string of the molecule is CCSC(C)OB(OC(C)S)OC(C)SCC. The molecule has 0 aromatic rings. The summed E-state index contributed by atoms with van der Waals surface area (Å²) in [5.74, 6) is 2.01. The van der Waals surface area contributed by atoms with E-state index < -0.39 is 7.32 Å². The van der Waals surface area contributed by atoms with Crippen LogP contribution in [0.2, 0.25) is 0 Å². The molecule has 7 heteroatoms. The van der Waals surface area contributed by atoms with Crippen molar-refractivity contribution in [2.24, 2.45) is 0 Å². The quantitative estimate of drug-likeness (QED) is 0.378. The van der Waals surface area contributed by atoms with E-state index in [2.05, 4.69) is 26.5 Å². The minimum atomic E-state index is -0.648. The Hall–Kier alpha value is 0.995. The van der Waals surface area contributed by atoms with E-state index in [0.29, 0.717) is 0 Å². The number of thiol groups is 1. The molecule has 0 heterocycles. The molecule has 0 aromatic heterocycles. The zero-order chi connectivity index (χ0) is 13.3. The van der Waals surface area contributed by atoms with Crippen LogP contribution < -0.4 is 0 Å². The predicted molar refractivity (Wildman–Crippen MR) is 82.6 cm³/mol. The lowest BCUT2D eigenvalue weighted by molar-refractivity contribution is 0.0814. The van der Waals surface area contributed by atoms with Gasteiger partial charge in [0.2, 0.25) is 0 Å². The number of hydrogen-bond acceptors (Lipinski definition) is 6. The molecule has 102 valence electrons. The van der Waals surface area contributed by atoms with E-state index in [1.807, 2.05) is 20.8 Å². The molecule has 0 aliphatic carbocycles. The fraction of sp³-hybridized carbons (Fsp3) is 1.00.